The summed E-state index contributed by atoms with van der Waals surface area (Å²) in [6.07, 6.45) is 4.50. The van der Waals surface area contributed by atoms with Gasteiger partial charge in [0.05, 0.1) is 12.0 Å². The van der Waals surface area contributed by atoms with Crippen LogP contribution in [0.2, 0.25) is 0 Å². The Morgan fingerprint density at radius 3 is 2.35 bits per heavy atom. The SMILES string of the molecule is CCOC(=O)NC(=O)COC(=O)C12C[C@@H]3C[C@@H](CC(Cl)(C3)C1)C2. The van der Waals surface area contributed by atoms with Gasteiger partial charge in [0.25, 0.3) is 5.91 Å². The monoisotopic (exact) mass is 343 g/mol. The van der Waals surface area contributed by atoms with Crippen molar-refractivity contribution in [2.75, 3.05) is 13.2 Å². The van der Waals surface area contributed by atoms with Gasteiger partial charge in [-0.25, -0.2) is 4.79 Å². The number of imide groups is 1. The molecule has 0 aliphatic heterocycles. The molecule has 4 atom stereocenters. The van der Waals surface area contributed by atoms with Crippen LogP contribution in [0.3, 0.4) is 0 Å². The topological polar surface area (TPSA) is 81.7 Å². The van der Waals surface area contributed by atoms with E-state index in [1.165, 1.54) is 0 Å². The third-order valence-corrected chi connectivity index (χ3v) is 5.72. The number of carbonyl (C=O) groups excluding carboxylic acids is 3. The number of halogens is 1. The first-order valence-electron chi connectivity index (χ1n) is 8.17. The van der Waals surface area contributed by atoms with Crippen LogP contribution in [0.25, 0.3) is 0 Å². The van der Waals surface area contributed by atoms with Gasteiger partial charge in [0.15, 0.2) is 6.61 Å². The summed E-state index contributed by atoms with van der Waals surface area (Å²) >= 11 is 6.68. The van der Waals surface area contributed by atoms with E-state index in [1.54, 1.807) is 6.92 Å². The molecule has 0 spiro atoms. The van der Waals surface area contributed by atoms with Crippen molar-refractivity contribution in [1.82, 2.24) is 5.32 Å². The van der Waals surface area contributed by atoms with Gasteiger partial charge in [0, 0.05) is 4.87 Å². The van der Waals surface area contributed by atoms with Gasteiger partial charge in [-0.3, -0.25) is 14.9 Å². The number of hydrogen-bond acceptors (Lipinski definition) is 5. The van der Waals surface area contributed by atoms with E-state index in [4.69, 9.17) is 16.3 Å². The molecule has 0 saturated heterocycles. The summed E-state index contributed by atoms with van der Waals surface area (Å²) in [6.45, 7) is 1.34. The van der Waals surface area contributed by atoms with E-state index in [0.717, 1.165) is 32.1 Å². The Hall–Kier alpha value is -1.30. The largest absolute Gasteiger partial charge is 0.455 e. The second kappa shape index (κ2) is 5.96. The number of nitrogens with one attached hydrogen (secondary N) is 1. The lowest BCUT2D eigenvalue weighted by Gasteiger charge is -2.58. The average Bonchev–Trinajstić information content (AvgIpc) is 2.42. The fraction of sp³-hybridized carbons (Fsp3) is 0.812. The standard InChI is InChI=1S/C16H22ClNO5/c1-2-22-14(21)18-12(19)8-23-13(20)15-4-10-3-11(5-15)7-16(17,6-10)9-15/h10-11H,2-9H2,1H3,(H,18,19,21)/t10-,11+,15?,16?. The van der Waals surface area contributed by atoms with Gasteiger partial charge in [-0.15, -0.1) is 11.6 Å². The molecule has 0 heterocycles. The Kier molecular flexibility index (Phi) is 4.29. The van der Waals surface area contributed by atoms with E-state index in [1.807, 2.05) is 5.32 Å². The molecule has 4 bridgehead atoms. The van der Waals surface area contributed by atoms with E-state index >= 15 is 0 Å². The zero-order valence-corrected chi connectivity index (χ0v) is 14.0. The quantitative estimate of drug-likeness (QED) is 0.626. The maximum atomic E-state index is 12.6. The van der Waals surface area contributed by atoms with Crippen molar-refractivity contribution in [3.05, 3.63) is 0 Å². The van der Waals surface area contributed by atoms with Crippen LogP contribution in [0.4, 0.5) is 4.79 Å². The first kappa shape index (κ1) is 16.6. The number of alkyl carbamates (subject to hydrolysis) is 1. The summed E-state index contributed by atoms with van der Waals surface area (Å²) in [6, 6.07) is 0. The van der Waals surface area contributed by atoms with Gasteiger partial charge in [-0.2, -0.15) is 0 Å². The predicted octanol–water partition coefficient (Wildman–Crippen LogP) is 2.38. The zero-order valence-electron chi connectivity index (χ0n) is 13.2. The summed E-state index contributed by atoms with van der Waals surface area (Å²) in [5.41, 5.74) is -0.546. The van der Waals surface area contributed by atoms with Crippen LogP contribution in [0.5, 0.6) is 0 Å². The van der Waals surface area contributed by atoms with E-state index in [2.05, 4.69) is 4.74 Å². The number of amides is 2. The highest BCUT2D eigenvalue weighted by atomic mass is 35.5. The van der Waals surface area contributed by atoms with Crippen molar-refractivity contribution in [2.24, 2.45) is 17.3 Å². The highest BCUT2D eigenvalue weighted by Gasteiger charge is 2.60. The fourth-order valence-corrected chi connectivity index (χ4v) is 5.68. The minimum Gasteiger partial charge on any atom is -0.455 e. The smallest absolute Gasteiger partial charge is 0.413 e. The second-order valence-corrected chi connectivity index (χ2v) is 8.04. The highest BCUT2D eigenvalue weighted by molar-refractivity contribution is 6.24. The molecule has 4 rings (SSSR count). The molecule has 2 unspecified atom stereocenters. The molecule has 23 heavy (non-hydrogen) atoms. The molecule has 0 aromatic rings. The molecule has 0 radical (unpaired) electrons. The number of rotatable bonds is 4. The predicted molar refractivity (Wildman–Crippen MR) is 81.8 cm³/mol. The second-order valence-electron chi connectivity index (χ2n) is 7.24. The number of esters is 1. The maximum absolute atomic E-state index is 12.6. The van der Waals surface area contributed by atoms with Crippen LogP contribution >= 0.6 is 11.6 Å². The molecular formula is C16H22ClNO5. The molecule has 0 aromatic heterocycles. The van der Waals surface area contributed by atoms with Gasteiger partial charge in [0.2, 0.25) is 0 Å². The molecule has 0 aromatic carbocycles. The number of ether oxygens (including phenoxy) is 2. The van der Waals surface area contributed by atoms with Crippen molar-refractivity contribution in [3.8, 4) is 0 Å². The van der Waals surface area contributed by atoms with Crippen LogP contribution in [-0.4, -0.2) is 36.1 Å². The van der Waals surface area contributed by atoms with E-state index in [9.17, 15) is 14.4 Å². The Labute approximate surface area is 140 Å². The Bertz CT molecular complexity index is 521. The van der Waals surface area contributed by atoms with Crippen LogP contribution in [0.15, 0.2) is 0 Å². The van der Waals surface area contributed by atoms with Crippen molar-refractivity contribution in [2.45, 2.75) is 50.3 Å². The molecule has 4 saturated carbocycles. The molecule has 7 heteroatoms. The minimum atomic E-state index is -0.830. The number of hydrogen-bond donors (Lipinski definition) is 1. The van der Waals surface area contributed by atoms with E-state index in [-0.39, 0.29) is 17.5 Å². The van der Waals surface area contributed by atoms with Crippen LogP contribution in [0.1, 0.15) is 45.4 Å². The van der Waals surface area contributed by atoms with Gasteiger partial charge >= 0.3 is 12.1 Å². The lowest BCUT2D eigenvalue weighted by atomic mass is 9.49. The third-order valence-electron chi connectivity index (χ3n) is 5.27. The van der Waals surface area contributed by atoms with E-state index < -0.39 is 24.0 Å². The molecular weight excluding hydrogens is 322 g/mol. The average molecular weight is 344 g/mol. The Morgan fingerprint density at radius 2 is 1.78 bits per heavy atom. The van der Waals surface area contributed by atoms with Gasteiger partial charge < -0.3 is 9.47 Å². The zero-order chi connectivity index (χ0) is 16.7. The third kappa shape index (κ3) is 3.32. The van der Waals surface area contributed by atoms with E-state index in [0.29, 0.717) is 18.3 Å². The van der Waals surface area contributed by atoms with Crippen molar-refractivity contribution in [3.63, 3.8) is 0 Å². The summed E-state index contributed by atoms with van der Waals surface area (Å²) in [5, 5.41) is 2.01. The van der Waals surface area contributed by atoms with Gasteiger partial charge in [0.1, 0.15) is 0 Å². The molecule has 6 nitrogen and oxygen atoms in total. The summed E-state index contributed by atoms with van der Waals surface area (Å²) in [7, 11) is 0. The van der Waals surface area contributed by atoms with Crippen LogP contribution in [0, 0.1) is 17.3 Å². The molecule has 2 amide bonds. The van der Waals surface area contributed by atoms with Crippen LogP contribution < -0.4 is 5.32 Å². The van der Waals surface area contributed by atoms with Gasteiger partial charge in [-0.1, -0.05) is 0 Å². The lowest BCUT2D eigenvalue weighted by Crippen LogP contribution is -2.56. The molecule has 4 aliphatic carbocycles. The summed E-state index contributed by atoms with van der Waals surface area (Å²) in [5.74, 6) is -0.0675. The first-order chi connectivity index (χ1) is 10.8. The highest BCUT2D eigenvalue weighted by Crippen LogP contribution is 2.64. The molecule has 128 valence electrons. The van der Waals surface area contributed by atoms with Crippen molar-refractivity contribution < 1.29 is 23.9 Å². The van der Waals surface area contributed by atoms with Crippen LogP contribution in [-0.2, 0) is 19.1 Å². The minimum absolute atomic E-state index is 0.169. The molecule has 4 aliphatic rings. The fourth-order valence-electron chi connectivity index (χ4n) is 4.99. The lowest BCUT2D eigenvalue weighted by molar-refractivity contribution is -0.171. The summed E-state index contributed by atoms with van der Waals surface area (Å²) in [4.78, 5) is 35.1. The van der Waals surface area contributed by atoms with Gasteiger partial charge in [-0.05, 0) is 57.3 Å². The Balaban J connectivity index is 1.56. The Morgan fingerprint density at radius 1 is 1.13 bits per heavy atom. The van der Waals surface area contributed by atoms with Crippen molar-refractivity contribution >= 4 is 29.6 Å². The number of alkyl halides is 1. The first-order valence-corrected chi connectivity index (χ1v) is 8.55. The molecule has 4 fully saturated rings. The maximum Gasteiger partial charge on any atom is 0.413 e. The van der Waals surface area contributed by atoms with Crippen molar-refractivity contribution in [1.29, 1.82) is 0 Å². The summed E-state index contributed by atoms with van der Waals surface area (Å²) < 4.78 is 9.80. The molecule has 1 N–H and O–H groups in total. The number of carbonyl (C=O) groups is 3. The normalized spacial score (nSPS) is 37.3.